The summed E-state index contributed by atoms with van der Waals surface area (Å²) in [6, 6.07) is 9.55. The highest BCUT2D eigenvalue weighted by Crippen LogP contribution is 2.12. The van der Waals surface area contributed by atoms with E-state index in [0.29, 0.717) is 18.4 Å². The molecule has 0 atom stereocenters. The predicted molar refractivity (Wildman–Crippen MR) is 89.7 cm³/mol. The number of aromatic amines is 1. The Morgan fingerprint density at radius 1 is 1.22 bits per heavy atom. The molecule has 2 rings (SSSR count). The standard InChI is InChI=1S/C18H22N2O3/c1-12-10-13(2)20-18(22)16(12)11-19-17(21)9-6-14-4-7-15(23-3)8-5-14/h4-5,7-8,10H,6,9,11H2,1-3H3,(H,19,21)(H,20,22). The third kappa shape index (κ3) is 4.71. The van der Waals surface area contributed by atoms with Crippen molar-refractivity contribution >= 4 is 5.91 Å². The van der Waals surface area contributed by atoms with Crippen molar-refractivity contribution in [2.75, 3.05) is 7.11 Å². The predicted octanol–water partition coefficient (Wildman–Crippen LogP) is 2.25. The number of H-pyrrole nitrogens is 1. The van der Waals surface area contributed by atoms with Crippen LogP contribution in [0.4, 0.5) is 0 Å². The van der Waals surface area contributed by atoms with Gasteiger partial charge in [0.15, 0.2) is 0 Å². The number of carbonyl (C=O) groups is 1. The number of hydrogen-bond donors (Lipinski definition) is 2. The molecular weight excluding hydrogens is 292 g/mol. The van der Waals surface area contributed by atoms with Gasteiger partial charge >= 0.3 is 0 Å². The zero-order chi connectivity index (χ0) is 16.8. The molecule has 1 amide bonds. The average molecular weight is 314 g/mol. The molecule has 2 N–H and O–H groups in total. The monoisotopic (exact) mass is 314 g/mol. The number of benzene rings is 1. The Labute approximate surface area is 135 Å². The Hall–Kier alpha value is -2.56. The zero-order valence-corrected chi connectivity index (χ0v) is 13.7. The van der Waals surface area contributed by atoms with Crippen molar-refractivity contribution in [2.45, 2.75) is 33.2 Å². The fraction of sp³-hybridized carbons (Fsp3) is 0.333. The maximum Gasteiger partial charge on any atom is 0.253 e. The minimum absolute atomic E-state index is 0.0693. The Morgan fingerprint density at radius 2 is 1.91 bits per heavy atom. The SMILES string of the molecule is COc1ccc(CCC(=O)NCc2c(C)cc(C)[nH]c2=O)cc1. The molecule has 5 nitrogen and oxygen atoms in total. The molecule has 0 saturated carbocycles. The van der Waals surface area contributed by atoms with Gasteiger partial charge in [-0.15, -0.1) is 0 Å². The van der Waals surface area contributed by atoms with Crippen molar-refractivity contribution in [3.63, 3.8) is 0 Å². The second kappa shape index (κ2) is 7.63. The molecule has 122 valence electrons. The van der Waals surface area contributed by atoms with E-state index in [0.717, 1.165) is 22.6 Å². The van der Waals surface area contributed by atoms with Crippen molar-refractivity contribution in [2.24, 2.45) is 0 Å². The lowest BCUT2D eigenvalue weighted by Gasteiger charge is -2.08. The number of hydrogen-bond acceptors (Lipinski definition) is 3. The van der Waals surface area contributed by atoms with Crippen LogP contribution in [0.2, 0.25) is 0 Å². The number of amides is 1. The van der Waals surface area contributed by atoms with Gasteiger partial charge in [-0.25, -0.2) is 0 Å². The third-order valence-electron chi connectivity index (χ3n) is 3.76. The van der Waals surface area contributed by atoms with Gasteiger partial charge in [0.2, 0.25) is 5.91 Å². The molecule has 0 spiro atoms. The van der Waals surface area contributed by atoms with E-state index in [2.05, 4.69) is 10.3 Å². The van der Waals surface area contributed by atoms with Crippen LogP contribution in [0.3, 0.4) is 0 Å². The molecule has 0 bridgehead atoms. The van der Waals surface area contributed by atoms with E-state index in [4.69, 9.17) is 4.74 Å². The number of carbonyl (C=O) groups excluding carboxylic acids is 1. The number of methoxy groups -OCH3 is 1. The zero-order valence-electron chi connectivity index (χ0n) is 13.7. The van der Waals surface area contributed by atoms with Crippen LogP contribution >= 0.6 is 0 Å². The third-order valence-corrected chi connectivity index (χ3v) is 3.76. The van der Waals surface area contributed by atoms with Gasteiger partial charge in [-0.2, -0.15) is 0 Å². The molecule has 2 aromatic rings. The summed E-state index contributed by atoms with van der Waals surface area (Å²) in [6.45, 7) is 3.97. The number of ether oxygens (including phenoxy) is 1. The Bertz CT molecular complexity index is 733. The van der Waals surface area contributed by atoms with Gasteiger partial charge in [-0.05, 0) is 49.6 Å². The van der Waals surface area contributed by atoms with Crippen LogP contribution in [0, 0.1) is 13.8 Å². The van der Waals surface area contributed by atoms with Gasteiger partial charge in [0, 0.05) is 24.2 Å². The summed E-state index contributed by atoms with van der Waals surface area (Å²) in [7, 11) is 1.62. The van der Waals surface area contributed by atoms with Crippen LogP contribution in [-0.2, 0) is 17.8 Å². The summed E-state index contributed by atoms with van der Waals surface area (Å²) < 4.78 is 5.10. The maximum atomic E-state index is 12.0. The Kier molecular flexibility index (Phi) is 5.57. The molecule has 1 aromatic heterocycles. The van der Waals surface area contributed by atoms with E-state index in [-0.39, 0.29) is 18.0 Å². The first-order valence-corrected chi connectivity index (χ1v) is 7.58. The first kappa shape index (κ1) is 16.8. The molecular formula is C18H22N2O3. The minimum Gasteiger partial charge on any atom is -0.497 e. The smallest absolute Gasteiger partial charge is 0.253 e. The molecule has 1 aromatic carbocycles. The highest BCUT2D eigenvalue weighted by molar-refractivity contribution is 5.76. The number of pyridine rings is 1. The number of aromatic nitrogens is 1. The molecule has 0 saturated heterocycles. The average Bonchev–Trinajstić information content (AvgIpc) is 2.52. The number of aryl methyl sites for hydroxylation is 3. The van der Waals surface area contributed by atoms with Crippen LogP contribution in [-0.4, -0.2) is 18.0 Å². The summed E-state index contributed by atoms with van der Waals surface area (Å²) in [5, 5.41) is 2.81. The lowest BCUT2D eigenvalue weighted by molar-refractivity contribution is -0.121. The molecule has 23 heavy (non-hydrogen) atoms. The largest absolute Gasteiger partial charge is 0.497 e. The normalized spacial score (nSPS) is 10.4. The lowest BCUT2D eigenvalue weighted by atomic mass is 10.1. The topological polar surface area (TPSA) is 71.2 Å². The van der Waals surface area contributed by atoms with E-state index in [1.807, 2.05) is 44.2 Å². The van der Waals surface area contributed by atoms with Gasteiger partial charge in [0.25, 0.3) is 5.56 Å². The minimum atomic E-state index is -0.141. The lowest BCUT2D eigenvalue weighted by Crippen LogP contribution is -2.28. The van der Waals surface area contributed by atoms with Gasteiger partial charge in [-0.1, -0.05) is 12.1 Å². The summed E-state index contributed by atoms with van der Waals surface area (Å²) in [5.74, 6) is 0.729. The Morgan fingerprint density at radius 3 is 2.52 bits per heavy atom. The molecule has 0 radical (unpaired) electrons. The van der Waals surface area contributed by atoms with Crippen LogP contribution in [0.15, 0.2) is 35.1 Å². The van der Waals surface area contributed by atoms with Crippen molar-refractivity contribution in [1.29, 1.82) is 0 Å². The fourth-order valence-corrected chi connectivity index (χ4v) is 2.43. The summed E-state index contributed by atoms with van der Waals surface area (Å²) >= 11 is 0. The molecule has 1 heterocycles. The summed E-state index contributed by atoms with van der Waals surface area (Å²) in [6.07, 6.45) is 1.04. The van der Waals surface area contributed by atoms with Gasteiger partial charge in [0.05, 0.1) is 7.11 Å². The van der Waals surface area contributed by atoms with Crippen LogP contribution in [0.25, 0.3) is 0 Å². The second-order valence-electron chi connectivity index (χ2n) is 5.57. The van der Waals surface area contributed by atoms with Crippen molar-refractivity contribution in [3.8, 4) is 5.75 Å². The van der Waals surface area contributed by atoms with Crippen LogP contribution < -0.4 is 15.6 Å². The second-order valence-corrected chi connectivity index (χ2v) is 5.57. The van der Waals surface area contributed by atoms with E-state index >= 15 is 0 Å². The fourth-order valence-electron chi connectivity index (χ4n) is 2.43. The van der Waals surface area contributed by atoms with E-state index in [1.165, 1.54) is 0 Å². The summed E-state index contributed by atoms with van der Waals surface area (Å²) in [4.78, 5) is 26.6. The van der Waals surface area contributed by atoms with Crippen LogP contribution in [0.5, 0.6) is 5.75 Å². The maximum absolute atomic E-state index is 12.0. The van der Waals surface area contributed by atoms with Crippen molar-refractivity contribution < 1.29 is 9.53 Å². The highest BCUT2D eigenvalue weighted by atomic mass is 16.5. The molecule has 0 fully saturated rings. The molecule has 5 heteroatoms. The van der Waals surface area contributed by atoms with E-state index in [1.54, 1.807) is 7.11 Å². The quantitative estimate of drug-likeness (QED) is 0.859. The first-order chi connectivity index (χ1) is 11.0. The van der Waals surface area contributed by atoms with E-state index < -0.39 is 0 Å². The molecule has 0 aliphatic rings. The van der Waals surface area contributed by atoms with Gasteiger partial charge < -0.3 is 15.0 Å². The van der Waals surface area contributed by atoms with Crippen LogP contribution in [0.1, 0.15) is 28.8 Å². The van der Waals surface area contributed by atoms with Gasteiger partial charge in [-0.3, -0.25) is 9.59 Å². The molecule has 0 aliphatic heterocycles. The highest BCUT2D eigenvalue weighted by Gasteiger charge is 2.08. The molecule has 0 unspecified atom stereocenters. The number of rotatable bonds is 6. The van der Waals surface area contributed by atoms with E-state index in [9.17, 15) is 9.59 Å². The van der Waals surface area contributed by atoms with Gasteiger partial charge in [0.1, 0.15) is 5.75 Å². The first-order valence-electron chi connectivity index (χ1n) is 7.58. The molecule has 0 aliphatic carbocycles. The number of nitrogens with one attached hydrogen (secondary N) is 2. The summed E-state index contributed by atoms with van der Waals surface area (Å²) in [5.41, 5.74) is 3.25. The Balaban J connectivity index is 1.87. The van der Waals surface area contributed by atoms with Crippen molar-refractivity contribution in [3.05, 3.63) is 63.1 Å². The van der Waals surface area contributed by atoms with Crippen molar-refractivity contribution in [1.82, 2.24) is 10.3 Å².